The van der Waals surface area contributed by atoms with Crippen molar-refractivity contribution in [2.24, 2.45) is 0 Å². The summed E-state index contributed by atoms with van der Waals surface area (Å²) >= 11 is 7.75. The maximum Gasteiger partial charge on any atom is 0.264 e. The molecule has 1 N–H and O–H groups in total. The summed E-state index contributed by atoms with van der Waals surface area (Å²) in [5, 5.41) is 3.31. The number of nitrogens with one attached hydrogen (secondary N) is 1. The van der Waals surface area contributed by atoms with Crippen molar-refractivity contribution in [1.82, 2.24) is 5.32 Å². The Kier molecular flexibility index (Phi) is 9.45. The molecule has 1 amide bonds. The second kappa shape index (κ2) is 12.3. The smallest absolute Gasteiger partial charge is 0.264 e. The summed E-state index contributed by atoms with van der Waals surface area (Å²) in [6.07, 6.45) is 0.802. The first-order chi connectivity index (χ1) is 16.3. The number of benzene rings is 3. The maximum absolute atomic E-state index is 13.4. The van der Waals surface area contributed by atoms with Crippen LogP contribution in [0, 0.1) is 13.8 Å². The zero-order valence-corrected chi connectivity index (χ0v) is 21.7. The molecule has 0 heterocycles. The lowest BCUT2D eigenvalue weighted by Gasteiger charge is -2.25. The number of anilines is 1. The molecule has 0 unspecified atom stereocenters. The predicted octanol–water partition coefficient (Wildman–Crippen LogP) is 5.59. The lowest BCUT2D eigenvalue weighted by Crippen LogP contribution is -2.41. The minimum atomic E-state index is -3.95. The highest BCUT2D eigenvalue weighted by Crippen LogP contribution is 2.27. The normalized spacial score (nSPS) is 11.3. The molecule has 3 aromatic rings. The Hall–Kier alpha value is -2.48. The second-order valence-electron chi connectivity index (χ2n) is 7.93. The summed E-state index contributed by atoms with van der Waals surface area (Å²) in [4.78, 5) is 12.8. The fourth-order valence-corrected chi connectivity index (χ4v) is 6.07. The molecular formula is C26H29ClN2O3S2. The zero-order chi connectivity index (χ0) is 24.6. The summed E-state index contributed by atoms with van der Waals surface area (Å²) in [7, 11) is -3.95. The Balaban J connectivity index is 1.60. The van der Waals surface area contributed by atoms with E-state index in [4.69, 9.17) is 11.6 Å². The largest absolute Gasteiger partial charge is 0.354 e. The quantitative estimate of drug-likeness (QED) is 0.337. The molecule has 0 aliphatic heterocycles. The Morgan fingerprint density at radius 2 is 1.59 bits per heavy atom. The van der Waals surface area contributed by atoms with Crippen molar-refractivity contribution in [2.75, 3.05) is 23.1 Å². The standard InChI is InChI=1S/C26H29ClN2O3S2/c1-20-8-3-5-10-22(20)19-33-17-7-16-28-26(30)18-29(25-11-6-4-9-21(25)2)34(31,32)24-14-12-23(27)13-15-24/h3-6,8-15H,7,16-19H2,1-2H3,(H,28,30). The van der Waals surface area contributed by atoms with Gasteiger partial charge in [0.15, 0.2) is 0 Å². The Bertz CT molecular complexity index is 1210. The van der Waals surface area contributed by atoms with Crippen LogP contribution in [0.5, 0.6) is 0 Å². The Labute approximate surface area is 211 Å². The van der Waals surface area contributed by atoms with Gasteiger partial charge in [-0.25, -0.2) is 8.42 Å². The average molecular weight is 517 g/mol. The molecule has 3 aromatic carbocycles. The van der Waals surface area contributed by atoms with Gasteiger partial charge in [-0.2, -0.15) is 11.8 Å². The highest BCUT2D eigenvalue weighted by molar-refractivity contribution is 7.98. The summed E-state index contributed by atoms with van der Waals surface area (Å²) < 4.78 is 28.0. The molecule has 3 rings (SSSR count). The van der Waals surface area contributed by atoms with Gasteiger partial charge in [-0.1, -0.05) is 54.1 Å². The summed E-state index contributed by atoms with van der Waals surface area (Å²) in [6.45, 7) is 4.12. The number of hydrogen-bond acceptors (Lipinski definition) is 4. The van der Waals surface area contributed by atoms with Crippen molar-refractivity contribution in [3.8, 4) is 0 Å². The van der Waals surface area contributed by atoms with E-state index in [1.165, 1.54) is 35.4 Å². The number of carbonyl (C=O) groups excluding carboxylic acids is 1. The first-order valence-electron chi connectivity index (χ1n) is 11.0. The van der Waals surface area contributed by atoms with Crippen LogP contribution in [0.25, 0.3) is 0 Å². The molecular weight excluding hydrogens is 488 g/mol. The predicted molar refractivity (Wildman–Crippen MR) is 142 cm³/mol. The van der Waals surface area contributed by atoms with Gasteiger partial charge in [0.05, 0.1) is 10.6 Å². The van der Waals surface area contributed by atoms with E-state index in [-0.39, 0.29) is 17.3 Å². The maximum atomic E-state index is 13.4. The van der Waals surface area contributed by atoms with E-state index in [0.29, 0.717) is 17.3 Å². The van der Waals surface area contributed by atoms with Crippen molar-refractivity contribution in [3.63, 3.8) is 0 Å². The van der Waals surface area contributed by atoms with Crippen LogP contribution >= 0.6 is 23.4 Å². The fraction of sp³-hybridized carbons (Fsp3) is 0.269. The third kappa shape index (κ3) is 7.01. The van der Waals surface area contributed by atoms with E-state index in [9.17, 15) is 13.2 Å². The molecule has 34 heavy (non-hydrogen) atoms. The van der Waals surface area contributed by atoms with Gasteiger partial charge in [-0.3, -0.25) is 9.10 Å². The summed E-state index contributed by atoms with van der Waals surface area (Å²) in [5.41, 5.74) is 3.83. The number of aryl methyl sites for hydroxylation is 2. The highest BCUT2D eigenvalue weighted by atomic mass is 35.5. The van der Waals surface area contributed by atoms with Crippen molar-refractivity contribution in [2.45, 2.75) is 30.9 Å². The number of nitrogens with zero attached hydrogens (tertiary/aromatic N) is 1. The first kappa shape index (κ1) is 26.1. The minimum Gasteiger partial charge on any atom is -0.354 e. The van der Waals surface area contributed by atoms with Gasteiger partial charge < -0.3 is 5.32 Å². The number of rotatable bonds is 11. The highest BCUT2D eigenvalue weighted by Gasteiger charge is 2.28. The number of thioether (sulfide) groups is 1. The molecule has 0 spiro atoms. The van der Waals surface area contributed by atoms with E-state index in [1.807, 2.05) is 43.0 Å². The van der Waals surface area contributed by atoms with Crippen LogP contribution in [-0.4, -0.2) is 33.2 Å². The first-order valence-corrected chi connectivity index (χ1v) is 14.0. The number of para-hydroxylation sites is 1. The van der Waals surface area contributed by atoms with Crippen LogP contribution in [0.2, 0.25) is 5.02 Å². The van der Waals surface area contributed by atoms with Crippen LogP contribution in [0.15, 0.2) is 77.7 Å². The molecule has 0 atom stereocenters. The number of amides is 1. The molecule has 0 aliphatic rings. The fourth-order valence-electron chi connectivity index (χ4n) is 3.42. The molecule has 0 fully saturated rings. The Morgan fingerprint density at radius 1 is 0.941 bits per heavy atom. The van der Waals surface area contributed by atoms with E-state index in [1.54, 1.807) is 12.1 Å². The molecule has 0 radical (unpaired) electrons. The lowest BCUT2D eigenvalue weighted by molar-refractivity contribution is -0.119. The van der Waals surface area contributed by atoms with Gasteiger partial charge in [-0.15, -0.1) is 0 Å². The van der Waals surface area contributed by atoms with Crippen LogP contribution in [0.4, 0.5) is 5.69 Å². The van der Waals surface area contributed by atoms with Crippen molar-refractivity contribution in [1.29, 1.82) is 0 Å². The van der Waals surface area contributed by atoms with Crippen LogP contribution < -0.4 is 9.62 Å². The molecule has 0 saturated heterocycles. The molecule has 0 saturated carbocycles. The number of carbonyl (C=O) groups is 1. The molecule has 5 nitrogen and oxygen atoms in total. The molecule has 0 bridgehead atoms. The van der Waals surface area contributed by atoms with Crippen LogP contribution in [0.1, 0.15) is 23.1 Å². The zero-order valence-electron chi connectivity index (χ0n) is 19.3. The molecule has 0 aromatic heterocycles. The van der Waals surface area contributed by atoms with E-state index >= 15 is 0 Å². The van der Waals surface area contributed by atoms with Crippen LogP contribution in [-0.2, 0) is 20.6 Å². The van der Waals surface area contributed by atoms with Crippen molar-refractivity contribution < 1.29 is 13.2 Å². The third-order valence-corrected chi connectivity index (χ3v) is 8.50. The van der Waals surface area contributed by atoms with E-state index < -0.39 is 10.0 Å². The van der Waals surface area contributed by atoms with Crippen LogP contribution in [0.3, 0.4) is 0 Å². The third-order valence-electron chi connectivity index (χ3n) is 5.38. The Morgan fingerprint density at radius 3 is 2.26 bits per heavy atom. The van der Waals surface area contributed by atoms with Gasteiger partial charge in [0, 0.05) is 17.3 Å². The number of halogens is 1. The topological polar surface area (TPSA) is 66.5 Å². The molecule has 0 aliphatic carbocycles. The number of sulfonamides is 1. The summed E-state index contributed by atoms with van der Waals surface area (Å²) in [6, 6.07) is 21.4. The molecule has 8 heteroatoms. The summed E-state index contributed by atoms with van der Waals surface area (Å²) in [5.74, 6) is 1.49. The molecule has 180 valence electrons. The SMILES string of the molecule is Cc1ccccc1CSCCCNC(=O)CN(c1ccccc1C)S(=O)(=O)c1ccc(Cl)cc1. The van der Waals surface area contributed by atoms with E-state index in [2.05, 4.69) is 24.4 Å². The minimum absolute atomic E-state index is 0.0839. The monoisotopic (exact) mass is 516 g/mol. The van der Waals surface area contributed by atoms with Crippen molar-refractivity contribution in [3.05, 3.63) is 94.5 Å². The van der Waals surface area contributed by atoms with E-state index in [0.717, 1.165) is 27.8 Å². The average Bonchev–Trinajstić information content (AvgIpc) is 2.81. The van der Waals surface area contributed by atoms with Gasteiger partial charge >= 0.3 is 0 Å². The van der Waals surface area contributed by atoms with Gasteiger partial charge in [-0.05, 0) is 73.0 Å². The van der Waals surface area contributed by atoms with Gasteiger partial charge in [0.25, 0.3) is 10.0 Å². The number of hydrogen-bond donors (Lipinski definition) is 1. The van der Waals surface area contributed by atoms with Gasteiger partial charge in [0.1, 0.15) is 6.54 Å². The van der Waals surface area contributed by atoms with Gasteiger partial charge in [0.2, 0.25) is 5.91 Å². The van der Waals surface area contributed by atoms with Crippen molar-refractivity contribution >= 4 is 45.0 Å². The lowest BCUT2D eigenvalue weighted by atomic mass is 10.1. The second-order valence-corrected chi connectivity index (χ2v) is 11.3.